The number of hydrogen-bond donors (Lipinski definition) is 8. The first kappa shape index (κ1) is 43.8. The van der Waals surface area contributed by atoms with Crippen LogP contribution in [0.4, 0.5) is 65.3 Å². The summed E-state index contributed by atoms with van der Waals surface area (Å²) >= 11 is 0. The van der Waals surface area contributed by atoms with Gasteiger partial charge in [0.25, 0.3) is 20.2 Å². The lowest BCUT2D eigenvalue weighted by Crippen LogP contribution is -2.19. The Labute approximate surface area is 339 Å². The summed E-state index contributed by atoms with van der Waals surface area (Å²) in [5, 5.41) is 56.7. The summed E-state index contributed by atoms with van der Waals surface area (Å²) in [5.41, 5.74) is -8.34. The van der Waals surface area contributed by atoms with Crippen LogP contribution in [-0.2, 0) is 20.2 Å². The van der Waals surface area contributed by atoms with Crippen LogP contribution in [0.15, 0.2) is 90.9 Å². The molecule has 0 aliphatic carbocycles. The molecule has 6 rings (SSSR count). The zero-order valence-corrected chi connectivity index (χ0v) is 31.3. The molecule has 0 aliphatic rings. The highest BCUT2D eigenvalue weighted by Crippen LogP contribution is 2.44. The minimum Gasteiger partial charge on any atom is -0.505 e. The van der Waals surface area contributed by atoms with Gasteiger partial charge in [0.15, 0.2) is 46.4 Å². The number of hydrogen-bond acceptors (Lipinski definition) is 13. The molecule has 0 aliphatic heterocycles. The Hall–Kier alpha value is -7.75. The predicted octanol–water partition coefficient (Wildman–Crippen LogP) is 8.60. The van der Waals surface area contributed by atoms with E-state index in [0.29, 0.717) is 12.1 Å². The first-order valence-corrected chi connectivity index (χ1v) is 19.0. The number of carboxylic acid groups (broad SMARTS) is 2. The second kappa shape index (κ2) is 16.0. The number of nitrogens with zero attached hydrogens (tertiary/aromatic N) is 4. The average molecular weight is 909 g/mol. The minimum absolute atomic E-state index is 0.0898. The number of aromatic hydroxyl groups is 2. The van der Waals surface area contributed by atoms with Crippen LogP contribution in [0.1, 0.15) is 20.7 Å². The zero-order chi connectivity index (χ0) is 45.7. The van der Waals surface area contributed by atoms with Gasteiger partial charge in [-0.05, 0) is 59.3 Å². The van der Waals surface area contributed by atoms with Crippen molar-refractivity contribution in [2.45, 2.75) is 9.79 Å². The van der Waals surface area contributed by atoms with E-state index in [0.717, 1.165) is 36.4 Å². The monoisotopic (exact) mass is 908 g/mol. The number of fused-ring (bicyclic) bond motifs is 2. The summed E-state index contributed by atoms with van der Waals surface area (Å²) in [7, 11) is -10.6. The molecule has 6 aromatic carbocycles. The summed E-state index contributed by atoms with van der Waals surface area (Å²) in [6, 6.07) is 7.17. The van der Waals surface area contributed by atoms with Crippen molar-refractivity contribution in [2.24, 2.45) is 20.5 Å². The molecule has 0 spiro atoms. The van der Waals surface area contributed by atoms with Gasteiger partial charge in [0.05, 0.1) is 0 Å². The lowest BCUT2D eigenvalue weighted by molar-refractivity contribution is 0.0673. The third-order valence-corrected chi connectivity index (χ3v) is 10.1. The van der Waals surface area contributed by atoms with E-state index in [1.54, 1.807) is 0 Å². The quantitative estimate of drug-likeness (QED) is 0.0277. The number of carbonyl (C=O) groups is 3. The van der Waals surface area contributed by atoms with Gasteiger partial charge in [0.2, 0.25) is 0 Å². The van der Waals surface area contributed by atoms with E-state index >= 15 is 0 Å². The van der Waals surface area contributed by atoms with Crippen LogP contribution < -0.4 is 10.6 Å². The Morgan fingerprint density at radius 2 is 0.871 bits per heavy atom. The molecule has 0 saturated heterocycles. The lowest BCUT2D eigenvalue weighted by Gasteiger charge is -2.13. The Kier molecular flexibility index (Phi) is 11.3. The fourth-order valence-electron chi connectivity index (χ4n) is 5.65. The van der Waals surface area contributed by atoms with Crippen LogP contribution in [0.5, 0.6) is 11.5 Å². The Balaban J connectivity index is 1.30. The van der Waals surface area contributed by atoms with Crippen LogP contribution in [0, 0.1) is 34.9 Å². The molecular formula is C35H18F6N6O13S2. The minimum atomic E-state index is -5.31. The topological polar surface area (TPSA) is 314 Å². The van der Waals surface area contributed by atoms with Gasteiger partial charge in [-0.25, -0.2) is 40.7 Å². The molecule has 0 fully saturated rings. The molecule has 0 saturated carbocycles. The van der Waals surface area contributed by atoms with E-state index in [1.165, 1.54) is 0 Å². The number of phenolic OH excluding ortho intramolecular Hbond substituents is 2. The SMILES string of the molecule is O=C(Nc1ccc2c(O)c(N=Nc3cc(F)c(F)c(C(=O)O)c3F)c(S(=O)(=O)O)cc2c1)Nc1ccc2c(O)c(N=Nc3cc(F)c(F)c(C(=O)O)c3F)c(S(=O)(=O)O)cc2c1. The van der Waals surface area contributed by atoms with Gasteiger partial charge in [0, 0.05) is 34.3 Å². The van der Waals surface area contributed by atoms with E-state index in [2.05, 4.69) is 31.1 Å². The van der Waals surface area contributed by atoms with Crippen LogP contribution in [0.25, 0.3) is 21.5 Å². The smallest absolute Gasteiger partial charge is 0.341 e. The third kappa shape index (κ3) is 8.34. The highest BCUT2D eigenvalue weighted by atomic mass is 32.2. The van der Waals surface area contributed by atoms with Crippen molar-refractivity contribution in [3.63, 3.8) is 0 Å². The van der Waals surface area contributed by atoms with Gasteiger partial charge in [-0.3, -0.25) is 9.11 Å². The van der Waals surface area contributed by atoms with Gasteiger partial charge in [0.1, 0.15) is 43.7 Å². The number of benzene rings is 6. The number of urea groups is 1. The van der Waals surface area contributed by atoms with Gasteiger partial charge < -0.3 is 31.1 Å². The molecule has 0 heterocycles. The van der Waals surface area contributed by atoms with Crippen molar-refractivity contribution in [3.8, 4) is 11.5 Å². The van der Waals surface area contributed by atoms with Crippen LogP contribution in [-0.4, -0.2) is 64.3 Å². The number of azo groups is 2. The molecule has 8 N–H and O–H groups in total. The highest BCUT2D eigenvalue weighted by molar-refractivity contribution is 7.86. The summed E-state index contributed by atoms with van der Waals surface area (Å²) in [4.78, 5) is 33.1. The molecule has 27 heteroatoms. The average Bonchev–Trinajstić information content (AvgIpc) is 3.16. The normalized spacial score (nSPS) is 12.1. The van der Waals surface area contributed by atoms with Crippen molar-refractivity contribution >= 4 is 93.9 Å². The summed E-state index contributed by atoms with van der Waals surface area (Å²) < 4.78 is 154. The number of amides is 2. The van der Waals surface area contributed by atoms with Crippen molar-refractivity contribution in [2.75, 3.05) is 10.6 Å². The fourth-order valence-corrected chi connectivity index (χ4v) is 6.96. The first-order chi connectivity index (χ1) is 28.9. The molecule has 0 bridgehead atoms. The van der Waals surface area contributed by atoms with Crippen molar-refractivity contribution in [3.05, 3.63) is 107 Å². The van der Waals surface area contributed by atoms with Gasteiger partial charge in [-0.15, -0.1) is 20.5 Å². The van der Waals surface area contributed by atoms with Gasteiger partial charge in [-0.2, -0.15) is 16.8 Å². The highest BCUT2D eigenvalue weighted by Gasteiger charge is 2.28. The molecule has 0 unspecified atom stereocenters. The van der Waals surface area contributed by atoms with E-state index in [9.17, 15) is 76.9 Å². The number of carbonyl (C=O) groups excluding carboxylic acids is 1. The Morgan fingerprint density at radius 3 is 1.19 bits per heavy atom. The maximum atomic E-state index is 14.6. The molecule has 2 amide bonds. The molecule has 62 heavy (non-hydrogen) atoms. The Morgan fingerprint density at radius 1 is 0.516 bits per heavy atom. The predicted molar refractivity (Wildman–Crippen MR) is 198 cm³/mol. The standard InChI is InChI=1S/C35H18F6N6O13S2/c36-17-9-19(27(40)23(25(17)38)33(50)51)44-46-29-21(61(55,56)57)7-11-5-13(1-3-15(11)31(29)48)42-35(54)43-14-2-4-16-12(6-14)8-22(62(58,59)60)30(32(16)49)47-45-20-10-18(37)26(39)24(28(20)41)34(52)53/h1-10,48-49H,(H,50,51)(H,52,53)(H2,42,43,54)(H,55,56,57)(H,58,59,60). The molecule has 320 valence electrons. The largest absolute Gasteiger partial charge is 0.505 e. The molecule has 19 nitrogen and oxygen atoms in total. The van der Waals surface area contributed by atoms with Gasteiger partial charge >= 0.3 is 18.0 Å². The van der Waals surface area contributed by atoms with E-state index in [4.69, 9.17) is 10.2 Å². The molecule has 0 radical (unpaired) electrons. The number of nitrogens with one attached hydrogen (secondary N) is 2. The second-order valence-electron chi connectivity index (χ2n) is 12.3. The van der Waals surface area contributed by atoms with Gasteiger partial charge in [-0.1, -0.05) is 0 Å². The third-order valence-electron chi connectivity index (χ3n) is 8.39. The number of halogens is 6. The van der Waals surface area contributed by atoms with Crippen molar-refractivity contribution in [1.82, 2.24) is 0 Å². The fraction of sp³-hybridized carbons (Fsp3) is 0. The maximum Gasteiger partial charge on any atom is 0.341 e. The van der Waals surface area contributed by atoms with Crippen LogP contribution >= 0.6 is 0 Å². The van der Waals surface area contributed by atoms with Crippen molar-refractivity contribution < 1.29 is 87.1 Å². The van der Waals surface area contributed by atoms with Crippen LogP contribution in [0.3, 0.4) is 0 Å². The molecule has 6 aromatic rings. The molecule has 0 aromatic heterocycles. The Bertz CT molecular complexity index is 3070. The number of anilines is 2. The number of rotatable bonds is 10. The lowest BCUT2D eigenvalue weighted by atomic mass is 10.1. The van der Waals surface area contributed by atoms with E-state index in [-0.39, 0.29) is 45.1 Å². The number of aromatic carboxylic acids is 2. The number of phenols is 2. The van der Waals surface area contributed by atoms with Crippen molar-refractivity contribution in [1.29, 1.82) is 0 Å². The molecular weight excluding hydrogens is 891 g/mol. The number of carboxylic acids is 2. The summed E-state index contributed by atoms with van der Waals surface area (Å²) in [6.07, 6.45) is 0. The summed E-state index contributed by atoms with van der Waals surface area (Å²) in [6.45, 7) is 0. The molecule has 0 atom stereocenters. The second-order valence-corrected chi connectivity index (χ2v) is 15.1. The first-order valence-electron chi connectivity index (χ1n) is 16.2. The maximum absolute atomic E-state index is 14.6. The summed E-state index contributed by atoms with van der Waals surface area (Å²) in [5.74, 6) is -18.2. The van der Waals surface area contributed by atoms with E-state index in [1.807, 2.05) is 0 Å². The van der Waals surface area contributed by atoms with Crippen LogP contribution in [0.2, 0.25) is 0 Å². The van der Waals surface area contributed by atoms with E-state index < -0.39 is 128 Å². The zero-order valence-electron chi connectivity index (χ0n) is 29.7.